The van der Waals surface area contributed by atoms with E-state index in [0.717, 1.165) is 0 Å². The lowest BCUT2D eigenvalue weighted by Crippen LogP contribution is -2.15. The van der Waals surface area contributed by atoms with E-state index >= 15 is 0 Å². The minimum atomic E-state index is -1.13. The highest BCUT2D eigenvalue weighted by molar-refractivity contribution is 9.15. The van der Waals surface area contributed by atoms with Crippen molar-refractivity contribution in [3.63, 3.8) is 0 Å². The van der Waals surface area contributed by atoms with Gasteiger partial charge in [-0.3, -0.25) is 0 Å². The Morgan fingerprint density at radius 1 is 0.538 bits per heavy atom. The van der Waals surface area contributed by atoms with Crippen LogP contribution in [0.5, 0.6) is 11.5 Å². The van der Waals surface area contributed by atoms with Crippen LogP contribution >= 0.6 is 138 Å². The Morgan fingerprint density at radius 2 is 0.846 bits per heavy atom. The lowest BCUT2D eigenvalue weighted by Gasteiger charge is -2.15. The number of carbonyl (C=O) groups is 1. The van der Waals surface area contributed by atoms with Crippen LogP contribution in [-0.4, -0.2) is 6.16 Å². The molecule has 0 heterocycles. The largest absolute Gasteiger partial charge is 0.519 e. The smallest absolute Gasteiger partial charge is 0.392 e. The molecule has 0 saturated heterocycles. The van der Waals surface area contributed by atoms with Crippen molar-refractivity contribution < 1.29 is 14.3 Å². The van der Waals surface area contributed by atoms with E-state index < -0.39 is 6.16 Å². The third-order valence-corrected chi connectivity index (χ3v) is 11.0. The number of carbonyl (C=O) groups excluding carboxylic acids is 1. The summed E-state index contributed by atoms with van der Waals surface area (Å²) in [5, 5.41) is -0.641. The fraction of sp³-hybridized carbons (Fsp3) is 0. The second kappa shape index (κ2) is 9.58. The van der Waals surface area contributed by atoms with E-state index in [1.807, 2.05) is 0 Å². The minimum Gasteiger partial charge on any atom is -0.392 e. The van der Waals surface area contributed by atoms with Crippen molar-refractivity contribution in [2.75, 3.05) is 0 Å². The Bertz CT molecular complexity index is 806. The highest BCUT2D eigenvalue weighted by Crippen LogP contribution is 2.50. The van der Waals surface area contributed by atoms with E-state index in [4.69, 9.17) is 67.5 Å². The minimum absolute atomic E-state index is 0.0599. The van der Waals surface area contributed by atoms with Gasteiger partial charge in [0.2, 0.25) is 0 Å². The van der Waals surface area contributed by atoms with Gasteiger partial charge >= 0.3 is 6.16 Å². The first-order valence-electron chi connectivity index (χ1n) is 5.91. The predicted octanol–water partition coefficient (Wildman–Crippen LogP) is 10.3. The van der Waals surface area contributed by atoms with Crippen molar-refractivity contribution in [2.45, 2.75) is 0 Å². The molecule has 0 unspecified atom stereocenters. The Labute approximate surface area is 214 Å². The maximum absolute atomic E-state index is 12.2. The number of halogens is 10. The summed E-state index contributed by atoms with van der Waals surface area (Å²) < 4.78 is 13.1. The second-order valence-corrected chi connectivity index (χ2v) is 10.1. The van der Waals surface area contributed by atoms with Crippen LogP contribution in [0, 0.1) is 0 Å². The molecule has 0 N–H and O–H groups in total. The van der Waals surface area contributed by atoms with E-state index in [2.05, 4.69) is 79.6 Å². The van der Waals surface area contributed by atoms with Crippen molar-refractivity contribution in [1.82, 2.24) is 0 Å². The molecule has 0 aliphatic carbocycles. The van der Waals surface area contributed by atoms with Gasteiger partial charge in [0, 0.05) is 4.47 Å². The third-order valence-electron chi connectivity index (χ3n) is 2.71. The van der Waals surface area contributed by atoms with Crippen LogP contribution in [-0.2, 0) is 0 Å². The van der Waals surface area contributed by atoms with Crippen molar-refractivity contribution >= 4 is 144 Å². The third kappa shape index (κ3) is 4.65. The molecular weight excluding hydrogens is 781 g/mol. The quantitative estimate of drug-likeness (QED) is 0.132. The van der Waals surface area contributed by atoms with Crippen LogP contribution < -0.4 is 9.47 Å². The molecule has 0 atom stereocenters. The number of hydrogen-bond donors (Lipinski definition) is 0. The first-order chi connectivity index (χ1) is 12.0. The topological polar surface area (TPSA) is 35.5 Å². The van der Waals surface area contributed by atoms with Crippen molar-refractivity contribution in [3.8, 4) is 11.5 Å². The highest BCUT2D eigenvalue weighted by atomic mass is 79.9. The molecule has 140 valence electrons. The summed E-state index contributed by atoms with van der Waals surface area (Å²) in [6, 6.07) is 0. The molecule has 3 nitrogen and oxygen atoms in total. The number of hydrogen-bond acceptors (Lipinski definition) is 3. The van der Waals surface area contributed by atoms with E-state index in [1.54, 1.807) is 0 Å². The molecule has 0 spiro atoms. The van der Waals surface area contributed by atoms with Crippen molar-refractivity contribution in [2.24, 2.45) is 0 Å². The Balaban J connectivity index is 2.41. The zero-order chi connectivity index (χ0) is 19.9. The molecule has 0 aliphatic heterocycles. The van der Waals surface area contributed by atoms with Gasteiger partial charge in [0.05, 0.1) is 33.0 Å². The van der Waals surface area contributed by atoms with E-state index in [9.17, 15) is 4.79 Å². The summed E-state index contributed by atoms with van der Waals surface area (Å²) >= 11 is 46.5. The number of rotatable bonds is 2. The molecule has 2 aromatic rings. The normalized spacial score (nSPS) is 10.8. The second-order valence-electron chi connectivity index (χ2n) is 4.25. The lowest BCUT2D eigenvalue weighted by atomic mass is 10.3. The molecule has 0 saturated carbocycles. The monoisotopic (exact) mass is 773 g/mol. The summed E-state index contributed by atoms with van der Waals surface area (Å²) in [6.45, 7) is 0. The summed E-state index contributed by atoms with van der Waals surface area (Å²) in [5.74, 6) is -0.143. The molecule has 0 aliphatic rings. The average molecular weight is 781 g/mol. The van der Waals surface area contributed by atoms with Crippen LogP contribution in [0.4, 0.5) is 4.79 Å². The number of benzene rings is 2. The summed E-state index contributed by atoms with van der Waals surface area (Å²) in [4.78, 5) is 12.2. The maximum Gasteiger partial charge on any atom is 0.519 e. The Morgan fingerprint density at radius 3 is 1.27 bits per heavy atom. The molecule has 0 radical (unpaired) electrons. The molecule has 0 bridgehead atoms. The fourth-order valence-corrected chi connectivity index (χ4v) is 5.91. The van der Waals surface area contributed by atoms with Crippen molar-refractivity contribution in [3.05, 3.63) is 47.5 Å². The van der Waals surface area contributed by atoms with Gasteiger partial charge < -0.3 is 9.47 Å². The lowest BCUT2D eigenvalue weighted by molar-refractivity contribution is 0.151. The first kappa shape index (κ1) is 23.8. The van der Waals surface area contributed by atoms with Gasteiger partial charge in [-0.15, -0.1) is 0 Å². The first-order valence-corrected chi connectivity index (χ1v) is 11.8. The number of ether oxygens (including phenoxy) is 2. The molecular formula is C13Br5Cl5O3. The van der Waals surface area contributed by atoms with Gasteiger partial charge in [0.15, 0.2) is 11.5 Å². The fourth-order valence-electron chi connectivity index (χ4n) is 1.54. The Kier molecular flexibility index (Phi) is 8.78. The van der Waals surface area contributed by atoms with Crippen LogP contribution in [0.25, 0.3) is 0 Å². The van der Waals surface area contributed by atoms with Gasteiger partial charge in [0.25, 0.3) is 0 Å². The van der Waals surface area contributed by atoms with Gasteiger partial charge in [0.1, 0.15) is 10.0 Å². The van der Waals surface area contributed by atoms with Gasteiger partial charge in [-0.2, -0.15) is 0 Å². The van der Waals surface area contributed by atoms with Gasteiger partial charge in [-0.05, 0) is 79.6 Å². The predicted molar refractivity (Wildman–Crippen MR) is 123 cm³/mol. The SMILES string of the molecule is O=C(Oc1c(Cl)c(Cl)c(Cl)c(Cl)c1Cl)Oc1c(Br)c(Br)c(Br)c(Br)c1Br. The summed E-state index contributed by atoms with van der Waals surface area (Å²) in [6.07, 6.45) is -1.13. The zero-order valence-corrected chi connectivity index (χ0v) is 23.2. The standard InChI is InChI=1S/C13Br5Cl5O3/c14-1-2(15)4(17)11(5(18)3(1)16)25-13(24)26-12-9(22)7(20)6(19)8(21)10(12)23. The molecule has 2 rings (SSSR count). The molecule has 0 aromatic heterocycles. The Hall–Kier alpha value is 1.56. The van der Waals surface area contributed by atoms with Gasteiger partial charge in [-0.1, -0.05) is 58.0 Å². The van der Waals surface area contributed by atoms with E-state index in [0.29, 0.717) is 22.4 Å². The van der Waals surface area contributed by atoms with Crippen molar-refractivity contribution in [1.29, 1.82) is 0 Å². The zero-order valence-electron chi connectivity index (χ0n) is 11.5. The maximum atomic E-state index is 12.2. The van der Waals surface area contributed by atoms with Crippen LogP contribution in [0.2, 0.25) is 25.1 Å². The summed E-state index contributed by atoms with van der Waals surface area (Å²) in [5.41, 5.74) is 0. The van der Waals surface area contributed by atoms with Crippen LogP contribution in [0.3, 0.4) is 0 Å². The molecule has 0 fully saturated rings. The van der Waals surface area contributed by atoms with Crippen LogP contribution in [0.15, 0.2) is 22.4 Å². The molecule has 0 amide bonds. The average Bonchev–Trinajstić information content (AvgIpc) is 2.62. The molecule has 2 aromatic carbocycles. The van der Waals surface area contributed by atoms with E-state index in [1.165, 1.54) is 0 Å². The van der Waals surface area contributed by atoms with Crippen LogP contribution in [0.1, 0.15) is 0 Å². The molecule has 13 heteroatoms. The van der Waals surface area contributed by atoms with Gasteiger partial charge in [-0.25, -0.2) is 4.79 Å². The van der Waals surface area contributed by atoms with E-state index in [-0.39, 0.29) is 36.6 Å². The summed E-state index contributed by atoms with van der Waals surface area (Å²) in [7, 11) is 0. The molecule has 26 heavy (non-hydrogen) atoms. The highest BCUT2D eigenvalue weighted by Gasteiger charge is 2.26.